The van der Waals surface area contributed by atoms with Crippen molar-refractivity contribution in [2.24, 2.45) is 0 Å². The van der Waals surface area contributed by atoms with E-state index in [1.807, 2.05) is 30.3 Å². The summed E-state index contributed by atoms with van der Waals surface area (Å²) < 4.78 is 25.1. The molecule has 0 bridgehead atoms. The van der Waals surface area contributed by atoms with Gasteiger partial charge in [-0.3, -0.25) is 9.59 Å². The second kappa shape index (κ2) is 8.79. The lowest BCUT2D eigenvalue weighted by molar-refractivity contribution is -0.120. The Balaban J connectivity index is 1.54. The molecule has 0 unspecified atom stereocenters. The van der Waals surface area contributed by atoms with E-state index in [2.05, 4.69) is 10.6 Å². The molecule has 1 atom stereocenters. The van der Waals surface area contributed by atoms with Crippen LogP contribution in [0.25, 0.3) is 0 Å². The van der Waals surface area contributed by atoms with E-state index < -0.39 is 9.84 Å². The minimum absolute atomic E-state index is 0.105. The van der Waals surface area contributed by atoms with Crippen LogP contribution < -0.4 is 10.6 Å². The molecule has 1 aliphatic rings. The predicted octanol–water partition coefficient (Wildman–Crippen LogP) is 2.64. The largest absolute Gasteiger partial charge is 0.356 e. The summed E-state index contributed by atoms with van der Waals surface area (Å²) >= 11 is 1.39. The lowest BCUT2D eigenvalue weighted by Gasteiger charge is -2.21. The van der Waals surface area contributed by atoms with Crippen molar-refractivity contribution in [3.8, 4) is 0 Å². The van der Waals surface area contributed by atoms with Crippen LogP contribution in [0.3, 0.4) is 0 Å². The van der Waals surface area contributed by atoms with Crippen molar-refractivity contribution in [2.75, 3.05) is 17.6 Å². The minimum Gasteiger partial charge on any atom is -0.356 e. The third kappa shape index (κ3) is 5.14. The van der Waals surface area contributed by atoms with Crippen LogP contribution in [0.2, 0.25) is 0 Å². The third-order valence-corrected chi connectivity index (χ3v) is 7.31. The summed E-state index contributed by atoms with van der Waals surface area (Å²) in [6.45, 7) is 2.26. The minimum atomic E-state index is -3.62. The van der Waals surface area contributed by atoms with E-state index in [4.69, 9.17) is 0 Å². The Morgan fingerprint density at radius 2 is 1.93 bits per heavy atom. The Bertz CT molecular complexity index is 975. The van der Waals surface area contributed by atoms with Gasteiger partial charge in [-0.15, -0.1) is 11.8 Å². The van der Waals surface area contributed by atoms with Gasteiger partial charge >= 0.3 is 0 Å². The van der Waals surface area contributed by atoms with Gasteiger partial charge in [-0.2, -0.15) is 0 Å². The standard InChI is InChI=1S/C20H22N2O4S2/c1-14-20(24)22-17-13-16(7-8-18(17)27-14)28(25,26)12-10-19(23)21-11-9-15-5-3-2-4-6-15/h2-8,13-14H,9-12H2,1H3,(H,21,23)(H,22,24)/t14-/m1/s1. The van der Waals surface area contributed by atoms with Crippen molar-refractivity contribution in [3.05, 3.63) is 54.1 Å². The number of hydrogen-bond donors (Lipinski definition) is 2. The van der Waals surface area contributed by atoms with E-state index in [1.165, 1.54) is 23.9 Å². The molecule has 3 rings (SSSR count). The van der Waals surface area contributed by atoms with Gasteiger partial charge in [0.25, 0.3) is 0 Å². The Kier molecular flexibility index (Phi) is 6.41. The first kappa shape index (κ1) is 20.4. The van der Waals surface area contributed by atoms with Crippen molar-refractivity contribution in [3.63, 3.8) is 0 Å². The summed E-state index contributed by atoms with van der Waals surface area (Å²) in [5.74, 6) is -0.722. The Morgan fingerprint density at radius 3 is 2.68 bits per heavy atom. The number of sulfone groups is 1. The fraction of sp³-hybridized carbons (Fsp3) is 0.300. The van der Waals surface area contributed by atoms with Crippen molar-refractivity contribution in [1.29, 1.82) is 0 Å². The number of hydrogen-bond acceptors (Lipinski definition) is 5. The van der Waals surface area contributed by atoms with Crippen LogP contribution >= 0.6 is 11.8 Å². The smallest absolute Gasteiger partial charge is 0.237 e. The quantitative estimate of drug-likeness (QED) is 0.721. The normalized spacial score (nSPS) is 16.2. The molecular weight excluding hydrogens is 396 g/mol. The highest BCUT2D eigenvalue weighted by Crippen LogP contribution is 2.36. The summed E-state index contributed by atoms with van der Waals surface area (Å²) in [5, 5.41) is 5.27. The molecule has 2 N–H and O–H groups in total. The number of benzene rings is 2. The molecule has 148 valence electrons. The molecule has 0 radical (unpaired) electrons. The van der Waals surface area contributed by atoms with Crippen molar-refractivity contribution in [1.82, 2.24) is 5.32 Å². The zero-order valence-electron chi connectivity index (χ0n) is 15.5. The summed E-state index contributed by atoms with van der Waals surface area (Å²) in [5.41, 5.74) is 1.61. The van der Waals surface area contributed by atoms with Crippen molar-refractivity contribution >= 4 is 39.1 Å². The molecule has 2 amide bonds. The number of amides is 2. The van der Waals surface area contributed by atoms with Crippen LogP contribution in [0, 0.1) is 0 Å². The first-order chi connectivity index (χ1) is 13.3. The maximum absolute atomic E-state index is 12.6. The Hall–Kier alpha value is -2.32. The number of carbonyl (C=O) groups is 2. The van der Waals surface area contributed by atoms with E-state index in [9.17, 15) is 18.0 Å². The van der Waals surface area contributed by atoms with Crippen LogP contribution in [-0.2, 0) is 25.8 Å². The number of thioether (sulfide) groups is 1. The third-order valence-electron chi connectivity index (χ3n) is 4.42. The summed E-state index contributed by atoms with van der Waals surface area (Å²) in [7, 11) is -3.62. The van der Waals surface area contributed by atoms with Crippen LogP contribution in [0.5, 0.6) is 0 Å². The predicted molar refractivity (Wildman–Crippen MR) is 110 cm³/mol. The highest BCUT2D eigenvalue weighted by molar-refractivity contribution is 8.01. The number of carbonyl (C=O) groups excluding carboxylic acids is 2. The second-order valence-electron chi connectivity index (χ2n) is 6.56. The van der Waals surface area contributed by atoms with E-state index in [1.54, 1.807) is 13.0 Å². The van der Waals surface area contributed by atoms with E-state index in [0.29, 0.717) is 18.7 Å². The SMILES string of the molecule is C[C@H]1Sc2ccc(S(=O)(=O)CCC(=O)NCCc3ccccc3)cc2NC1=O. The first-order valence-corrected chi connectivity index (χ1v) is 11.5. The molecule has 2 aromatic carbocycles. The van der Waals surface area contributed by atoms with Gasteiger partial charge in [0.1, 0.15) is 0 Å². The second-order valence-corrected chi connectivity index (χ2v) is 10.1. The number of rotatable bonds is 7. The Morgan fingerprint density at radius 1 is 1.18 bits per heavy atom. The van der Waals surface area contributed by atoms with Crippen LogP contribution in [-0.4, -0.2) is 37.8 Å². The first-order valence-electron chi connectivity index (χ1n) is 9.00. The molecule has 1 aliphatic heterocycles. The molecule has 2 aromatic rings. The van der Waals surface area contributed by atoms with Crippen LogP contribution in [0.1, 0.15) is 18.9 Å². The average molecular weight is 419 g/mol. The lowest BCUT2D eigenvalue weighted by Crippen LogP contribution is -2.28. The number of nitrogens with one attached hydrogen (secondary N) is 2. The van der Waals surface area contributed by atoms with Gasteiger partial charge in [-0.05, 0) is 37.1 Å². The Labute approximate surface area is 169 Å². The molecule has 0 aromatic heterocycles. The molecule has 0 saturated heterocycles. The number of anilines is 1. The van der Waals surface area contributed by atoms with Crippen LogP contribution in [0.15, 0.2) is 58.3 Å². The van der Waals surface area contributed by atoms with E-state index in [0.717, 1.165) is 10.5 Å². The zero-order chi connectivity index (χ0) is 20.1. The maximum atomic E-state index is 12.6. The number of fused-ring (bicyclic) bond motifs is 1. The molecule has 0 spiro atoms. The molecule has 0 aliphatic carbocycles. The van der Waals surface area contributed by atoms with Gasteiger partial charge in [-0.1, -0.05) is 30.3 Å². The highest BCUT2D eigenvalue weighted by atomic mass is 32.2. The molecule has 0 fully saturated rings. The van der Waals surface area contributed by atoms with Gasteiger partial charge in [0.2, 0.25) is 11.8 Å². The zero-order valence-corrected chi connectivity index (χ0v) is 17.1. The van der Waals surface area contributed by atoms with Gasteiger partial charge in [0, 0.05) is 17.9 Å². The highest BCUT2D eigenvalue weighted by Gasteiger charge is 2.25. The molecule has 6 nitrogen and oxygen atoms in total. The fourth-order valence-electron chi connectivity index (χ4n) is 2.81. The monoisotopic (exact) mass is 418 g/mol. The molecule has 0 saturated carbocycles. The molecule has 8 heteroatoms. The molecule has 1 heterocycles. The van der Waals surface area contributed by atoms with Crippen molar-refractivity contribution < 1.29 is 18.0 Å². The van der Waals surface area contributed by atoms with E-state index >= 15 is 0 Å². The van der Waals surface area contributed by atoms with Crippen molar-refractivity contribution in [2.45, 2.75) is 34.8 Å². The average Bonchev–Trinajstić information content (AvgIpc) is 2.68. The summed E-state index contributed by atoms with van der Waals surface area (Å²) in [6, 6.07) is 14.4. The summed E-state index contributed by atoms with van der Waals surface area (Å²) in [6.07, 6.45) is 0.590. The summed E-state index contributed by atoms with van der Waals surface area (Å²) in [4.78, 5) is 24.7. The maximum Gasteiger partial charge on any atom is 0.237 e. The fourth-order valence-corrected chi connectivity index (χ4v) is 5.00. The van der Waals surface area contributed by atoms with Gasteiger partial charge < -0.3 is 10.6 Å². The van der Waals surface area contributed by atoms with Crippen LogP contribution in [0.4, 0.5) is 5.69 Å². The van der Waals surface area contributed by atoms with Gasteiger partial charge in [0.15, 0.2) is 9.84 Å². The van der Waals surface area contributed by atoms with Gasteiger partial charge in [-0.25, -0.2) is 8.42 Å². The van der Waals surface area contributed by atoms with E-state index in [-0.39, 0.29) is 34.1 Å². The lowest BCUT2D eigenvalue weighted by atomic mass is 10.1. The topological polar surface area (TPSA) is 92.3 Å². The van der Waals surface area contributed by atoms with Gasteiger partial charge in [0.05, 0.1) is 21.6 Å². The molecule has 28 heavy (non-hydrogen) atoms. The molecular formula is C20H22N2O4S2.